The average Bonchev–Trinajstić information content (AvgIpc) is 3.68. The summed E-state index contributed by atoms with van der Waals surface area (Å²) in [4.78, 5) is 59.5. The number of alkyl halides is 2. The molecule has 2 saturated heterocycles. The number of aryl methyl sites for hydroxylation is 3. The van der Waals surface area contributed by atoms with Crippen molar-refractivity contribution in [3.05, 3.63) is 75.7 Å². The summed E-state index contributed by atoms with van der Waals surface area (Å²) in [6, 6.07) is 10.2. The molecular formula is C38H47F2N9O4. The van der Waals surface area contributed by atoms with Gasteiger partial charge in [-0.25, -0.2) is 18.6 Å². The molecule has 4 aromatic rings. The first-order chi connectivity index (χ1) is 25.5. The van der Waals surface area contributed by atoms with E-state index in [0.29, 0.717) is 18.0 Å². The molecule has 2 N–H and O–H groups in total. The van der Waals surface area contributed by atoms with Crippen LogP contribution in [0.4, 0.5) is 14.5 Å². The molecule has 2 aliphatic heterocycles. The second kappa shape index (κ2) is 15.7. The number of carbonyl (C=O) groups excluding carboxylic acids is 3. The highest BCUT2D eigenvalue weighted by atomic mass is 19.3. The number of rotatable bonds is 11. The zero-order chi connectivity index (χ0) is 37.2. The van der Waals surface area contributed by atoms with E-state index in [1.165, 1.54) is 4.57 Å². The number of pyridine rings is 1. The van der Waals surface area contributed by atoms with E-state index in [1.54, 1.807) is 47.6 Å². The first-order valence-corrected chi connectivity index (χ1v) is 18.6. The minimum atomic E-state index is -2.81. The van der Waals surface area contributed by atoms with Gasteiger partial charge in [0.1, 0.15) is 11.7 Å². The SMILES string of the molecule is Cc1cccc(C(=O)Nc2cn([C@H]3CC[C@H](CN4CCN(CCCc5cccc6c5n(C)c(=O)n6C5CCC(=O)NC5=O)CC4)CC3)nc2C(F)F)n1. The maximum atomic E-state index is 13.9. The van der Waals surface area contributed by atoms with Gasteiger partial charge in [-0.3, -0.25) is 33.5 Å². The molecule has 3 aliphatic rings. The molecule has 3 fully saturated rings. The van der Waals surface area contributed by atoms with Crippen LogP contribution < -0.4 is 16.3 Å². The van der Waals surface area contributed by atoms with Crippen molar-refractivity contribution in [2.24, 2.45) is 13.0 Å². The number of aromatic nitrogens is 5. The van der Waals surface area contributed by atoms with Crippen LogP contribution in [0, 0.1) is 12.8 Å². The molecule has 1 atom stereocenters. The lowest BCUT2D eigenvalue weighted by molar-refractivity contribution is -0.135. The summed E-state index contributed by atoms with van der Waals surface area (Å²) in [5.41, 5.74) is 2.83. The Morgan fingerprint density at radius 3 is 2.43 bits per heavy atom. The third-order valence-corrected chi connectivity index (χ3v) is 11.1. The molecular weight excluding hydrogens is 684 g/mol. The molecule has 0 radical (unpaired) electrons. The van der Waals surface area contributed by atoms with Crippen LogP contribution in [0.3, 0.4) is 0 Å². The molecule has 1 saturated carbocycles. The van der Waals surface area contributed by atoms with E-state index < -0.39 is 30.0 Å². The monoisotopic (exact) mass is 731 g/mol. The molecule has 1 aromatic carbocycles. The standard InChI is InChI=1S/C38H47F2N9O4/c1-24-6-3-9-28(41-24)36(51)42-29-23-48(44-33(29)35(39)40)27-13-11-25(12-14-27)22-47-20-18-46(19-21-47)17-5-8-26-7-4-10-30-34(26)45(2)38(53)49(30)31-15-16-32(50)43-37(31)52/h3-4,6-7,9-10,23,25,27,31,35H,5,8,11-22H2,1-2H3,(H,42,51)(H,43,50,52)/t25-,27-,31?. The van der Waals surface area contributed by atoms with Gasteiger partial charge in [0, 0.05) is 58.1 Å². The topological polar surface area (TPSA) is 139 Å². The number of piperazine rings is 1. The highest BCUT2D eigenvalue weighted by Crippen LogP contribution is 2.35. The van der Waals surface area contributed by atoms with Gasteiger partial charge in [0.2, 0.25) is 11.8 Å². The number of para-hydroxylation sites is 1. The van der Waals surface area contributed by atoms with Gasteiger partial charge < -0.3 is 15.1 Å². The van der Waals surface area contributed by atoms with Crippen molar-refractivity contribution in [2.75, 3.05) is 44.6 Å². The predicted molar refractivity (Wildman–Crippen MR) is 195 cm³/mol. The molecule has 1 unspecified atom stereocenters. The van der Waals surface area contributed by atoms with Crippen LogP contribution in [0.2, 0.25) is 0 Å². The maximum absolute atomic E-state index is 13.9. The Morgan fingerprint density at radius 2 is 1.72 bits per heavy atom. The third kappa shape index (κ3) is 7.96. The Bertz CT molecular complexity index is 2040. The lowest BCUT2D eigenvalue weighted by atomic mass is 9.85. The van der Waals surface area contributed by atoms with Gasteiger partial charge >= 0.3 is 5.69 Å². The number of benzene rings is 1. The number of fused-ring (bicyclic) bond motifs is 1. The van der Waals surface area contributed by atoms with Gasteiger partial charge in [-0.15, -0.1) is 0 Å². The number of nitrogens with zero attached hydrogens (tertiary/aromatic N) is 7. The second-order valence-electron chi connectivity index (χ2n) is 14.7. The van der Waals surface area contributed by atoms with Crippen molar-refractivity contribution in [3.63, 3.8) is 0 Å². The molecule has 282 valence electrons. The lowest BCUT2D eigenvalue weighted by Crippen LogP contribution is -2.48. The smallest absolute Gasteiger partial charge is 0.318 e. The number of imidazole rings is 1. The van der Waals surface area contributed by atoms with E-state index in [2.05, 4.69) is 36.6 Å². The molecule has 3 aromatic heterocycles. The van der Waals surface area contributed by atoms with Crippen LogP contribution in [0.15, 0.2) is 47.4 Å². The van der Waals surface area contributed by atoms with Crippen molar-refractivity contribution in [1.29, 1.82) is 0 Å². The number of hydrogen-bond donors (Lipinski definition) is 2. The number of anilines is 1. The van der Waals surface area contributed by atoms with Gasteiger partial charge in [-0.1, -0.05) is 18.2 Å². The van der Waals surface area contributed by atoms with Gasteiger partial charge in [-0.05, 0) is 88.1 Å². The van der Waals surface area contributed by atoms with Gasteiger partial charge in [0.05, 0.1) is 22.8 Å². The summed E-state index contributed by atoms with van der Waals surface area (Å²) in [5, 5.41) is 9.18. The second-order valence-corrected chi connectivity index (χ2v) is 14.7. The van der Waals surface area contributed by atoms with E-state index >= 15 is 0 Å². The summed E-state index contributed by atoms with van der Waals surface area (Å²) in [6.07, 6.45) is 4.67. The normalized spacial score (nSPS) is 21.7. The first-order valence-electron chi connectivity index (χ1n) is 18.6. The van der Waals surface area contributed by atoms with Crippen molar-refractivity contribution in [1.82, 2.24) is 39.0 Å². The zero-order valence-electron chi connectivity index (χ0n) is 30.3. The fourth-order valence-corrected chi connectivity index (χ4v) is 8.30. The Hall–Kier alpha value is -4.76. The molecule has 15 heteroatoms. The maximum Gasteiger partial charge on any atom is 0.329 e. The summed E-state index contributed by atoms with van der Waals surface area (Å²) in [7, 11) is 1.74. The highest BCUT2D eigenvalue weighted by Gasteiger charge is 2.32. The van der Waals surface area contributed by atoms with Crippen LogP contribution >= 0.6 is 0 Å². The fraction of sp³-hybridized carbons (Fsp3) is 0.526. The van der Waals surface area contributed by atoms with E-state index in [9.17, 15) is 28.0 Å². The number of amides is 3. The van der Waals surface area contributed by atoms with Crippen molar-refractivity contribution in [2.45, 2.75) is 76.8 Å². The van der Waals surface area contributed by atoms with Crippen molar-refractivity contribution >= 4 is 34.4 Å². The summed E-state index contributed by atoms with van der Waals surface area (Å²) in [6.45, 7) is 7.70. The highest BCUT2D eigenvalue weighted by molar-refractivity contribution is 6.03. The number of imide groups is 1. The van der Waals surface area contributed by atoms with Crippen LogP contribution in [-0.4, -0.2) is 90.7 Å². The Labute approximate surface area is 306 Å². The minimum Gasteiger partial charge on any atom is -0.318 e. The Morgan fingerprint density at radius 1 is 0.981 bits per heavy atom. The van der Waals surface area contributed by atoms with Crippen LogP contribution in [0.1, 0.15) is 90.9 Å². The molecule has 3 amide bonds. The van der Waals surface area contributed by atoms with Crippen LogP contribution in [0.25, 0.3) is 11.0 Å². The average molecular weight is 732 g/mol. The largest absolute Gasteiger partial charge is 0.329 e. The first kappa shape index (κ1) is 36.6. The summed E-state index contributed by atoms with van der Waals surface area (Å²) >= 11 is 0. The van der Waals surface area contributed by atoms with Gasteiger partial charge in [0.15, 0.2) is 5.69 Å². The number of carbonyl (C=O) groups is 3. The van der Waals surface area contributed by atoms with Crippen molar-refractivity contribution < 1.29 is 23.2 Å². The number of halogens is 2. The molecule has 7 rings (SSSR count). The molecule has 1 aliphatic carbocycles. The van der Waals surface area contributed by atoms with Crippen LogP contribution in [-0.2, 0) is 23.1 Å². The predicted octanol–water partition coefficient (Wildman–Crippen LogP) is 4.39. The molecule has 5 heterocycles. The van der Waals surface area contributed by atoms with E-state index in [4.69, 9.17) is 0 Å². The third-order valence-electron chi connectivity index (χ3n) is 11.1. The van der Waals surface area contributed by atoms with E-state index in [0.717, 1.165) is 94.4 Å². The quantitative estimate of drug-likeness (QED) is 0.217. The number of nitrogens with one attached hydrogen (secondary N) is 2. The van der Waals surface area contributed by atoms with Crippen LogP contribution in [0.5, 0.6) is 0 Å². The lowest BCUT2D eigenvalue weighted by Gasteiger charge is -2.38. The number of hydrogen-bond acceptors (Lipinski definition) is 8. The summed E-state index contributed by atoms with van der Waals surface area (Å²) < 4.78 is 32.6. The Balaban J connectivity index is 0.870. The van der Waals surface area contributed by atoms with E-state index in [-0.39, 0.29) is 35.4 Å². The Kier molecular flexibility index (Phi) is 10.8. The molecule has 0 spiro atoms. The zero-order valence-corrected chi connectivity index (χ0v) is 30.3. The van der Waals surface area contributed by atoms with Gasteiger partial charge in [0.25, 0.3) is 12.3 Å². The molecule has 13 nitrogen and oxygen atoms in total. The van der Waals surface area contributed by atoms with E-state index in [1.807, 2.05) is 12.1 Å². The minimum absolute atomic E-state index is 0.00704. The molecule has 0 bridgehead atoms. The summed E-state index contributed by atoms with van der Waals surface area (Å²) in [5.74, 6) is -0.735. The van der Waals surface area contributed by atoms with Gasteiger partial charge in [-0.2, -0.15) is 5.10 Å². The fourth-order valence-electron chi connectivity index (χ4n) is 8.30. The van der Waals surface area contributed by atoms with Crippen molar-refractivity contribution in [3.8, 4) is 0 Å². The number of piperidine rings is 1. The molecule has 53 heavy (non-hydrogen) atoms.